The first-order chi connectivity index (χ1) is 18.4. The van der Waals surface area contributed by atoms with E-state index in [0.717, 1.165) is 35.5 Å². The number of ether oxygens (including phenoxy) is 1. The summed E-state index contributed by atoms with van der Waals surface area (Å²) in [5, 5.41) is 0. The predicted octanol–water partition coefficient (Wildman–Crippen LogP) is 9.85. The summed E-state index contributed by atoms with van der Waals surface area (Å²) in [6.45, 7) is 3.08. The van der Waals surface area contributed by atoms with Gasteiger partial charge in [0.25, 0.3) is 0 Å². The lowest BCUT2D eigenvalue weighted by Gasteiger charge is -2.08. The fourth-order valence-corrected chi connectivity index (χ4v) is 4.71. The summed E-state index contributed by atoms with van der Waals surface area (Å²) in [5.74, 6) is 1.64. The average Bonchev–Trinajstić information content (AvgIpc) is 2.95. The van der Waals surface area contributed by atoms with Crippen molar-refractivity contribution in [1.29, 1.82) is 0 Å². The van der Waals surface area contributed by atoms with E-state index in [2.05, 4.69) is 34.0 Å². The van der Waals surface area contributed by atoms with Crippen molar-refractivity contribution in [3.8, 4) is 28.3 Å². The number of rotatable bonds is 20. The van der Waals surface area contributed by atoms with Crippen LogP contribution in [-0.4, -0.2) is 21.6 Å². The molecule has 0 aliphatic rings. The number of pyridine rings is 1. The van der Waals surface area contributed by atoms with E-state index in [1.54, 1.807) is 12.4 Å². The second-order valence-corrected chi connectivity index (χ2v) is 10.2. The van der Waals surface area contributed by atoms with Crippen molar-refractivity contribution in [3.05, 3.63) is 61.2 Å². The quantitative estimate of drug-likeness (QED) is 0.145. The van der Waals surface area contributed by atoms with E-state index >= 15 is 0 Å². The summed E-state index contributed by atoms with van der Waals surface area (Å²) in [7, 11) is 0. The zero-order chi connectivity index (χ0) is 25.8. The van der Waals surface area contributed by atoms with Gasteiger partial charge in [-0.25, -0.2) is 9.97 Å². The smallest absolute Gasteiger partial charge is 0.159 e. The van der Waals surface area contributed by atoms with Crippen LogP contribution < -0.4 is 4.74 Å². The van der Waals surface area contributed by atoms with E-state index in [9.17, 15) is 0 Å². The van der Waals surface area contributed by atoms with Crippen LogP contribution in [0, 0.1) is 0 Å². The van der Waals surface area contributed by atoms with Crippen molar-refractivity contribution >= 4 is 0 Å². The molecule has 2 aromatic heterocycles. The molecule has 0 unspecified atom stereocenters. The van der Waals surface area contributed by atoms with Gasteiger partial charge >= 0.3 is 0 Å². The maximum Gasteiger partial charge on any atom is 0.159 e. The van der Waals surface area contributed by atoms with Gasteiger partial charge in [-0.1, -0.05) is 115 Å². The summed E-state index contributed by atoms with van der Waals surface area (Å²) < 4.78 is 5.96. The fourth-order valence-electron chi connectivity index (χ4n) is 4.71. The van der Waals surface area contributed by atoms with Gasteiger partial charge in [0.15, 0.2) is 5.82 Å². The Bertz CT molecular complexity index is 942. The molecule has 0 atom stereocenters. The summed E-state index contributed by atoms with van der Waals surface area (Å²) in [4.78, 5) is 13.1. The molecule has 4 heteroatoms. The third kappa shape index (κ3) is 11.9. The van der Waals surface area contributed by atoms with Gasteiger partial charge in [0.1, 0.15) is 5.75 Å². The van der Waals surface area contributed by atoms with Crippen LogP contribution in [0.1, 0.15) is 110 Å². The van der Waals surface area contributed by atoms with Crippen molar-refractivity contribution in [2.24, 2.45) is 0 Å². The molecule has 0 saturated heterocycles. The highest BCUT2D eigenvalue weighted by Crippen LogP contribution is 2.23. The highest BCUT2D eigenvalue weighted by Gasteiger charge is 2.04. The van der Waals surface area contributed by atoms with Crippen molar-refractivity contribution < 1.29 is 4.74 Å². The molecular weight excluding hydrogens is 454 g/mol. The minimum atomic E-state index is 0.713. The summed E-state index contributed by atoms with van der Waals surface area (Å²) in [6, 6.07) is 12.1. The Morgan fingerprint density at radius 1 is 0.514 bits per heavy atom. The molecule has 0 aliphatic carbocycles. The second kappa shape index (κ2) is 18.5. The van der Waals surface area contributed by atoms with E-state index in [4.69, 9.17) is 4.74 Å². The zero-order valence-corrected chi connectivity index (χ0v) is 23.0. The predicted molar refractivity (Wildman–Crippen MR) is 156 cm³/mol. The average molecular weight is 502 g/mol. The lowest BCUT2D eigenvalue weighted by molar-refractivity contribution is 0.304. The van der Waals surface area contributed by atoms with Crippen LogP contribution >= 0.6 is 0 Å². The topological polar surface area (TPSA) is 47.9 Å². The second-order valence-electron chi connectivity index (χ2n) is 10.2. The van der Waals surface area contributed by atoms with Gasteiger partial charge in [-0.2, -0.15) is 0 Å². The molecule has 1 aromatic carbocycles. The number of benzene rings is 1. The van der Waals surface area contributed by atoms with Crippen molar-refractivity contribution in [3.63, 3.8) is 0 Å². The molecule has 4 nitrogen and oxygen atoms in total. The van der Waals surface area contributed by atoms with Crippen LogP contribution in [0.4, 0.5) is 0 Å². The van der Waals surface area contributed by atoms with Crippen molar-refractivity contribution in [1.82, 2.24) is 15.0 Å². The van der Waals surface area contributed by atoms with Crippen LogP contribution in [-0.2, 0) is 0 Å². The van der Waals surface area contributed by atoms with Crippen LogP contribution in [0.2, 0.25) is 0 Å². The molecule has 3 rings (SSSR count). The van der Waals surface area contributed by atoms with Gasteiger partial charge in [0.05, 0.1) is 6.61 Å². The summed E-state index contributed by atoms with van der Waals surface area (Å²) in [6.07, 6.45) is 29.5. The minimum Gasteiger partial charge on any atom is -0.494 e. The summed E-state index contributed by atoms with van der Waals surface area (Å²) >= 11 is 0. The van der Waals surface area contributed by atoms with Gasteiger partial charge in [0, 0.05) is 35.9 Å². The van der Waals surface area contributed by atoms with Crippen LogP contribution in [0.15, 0.2) is 61.2 Å². The number of hydrogen-bond donors (Lipinski definition) is 0. The standard InChI is InChI=1S/C33H47N3O/c1-2-3-4-5-6-7-8-9-10-11-12-13-14-15-16-17-26-37-32-20-18-29(19-21-32)31-27-35-33(36-28-31)30-22-24-34-25-23-30/h18-25,27-28H,2-17,26H2,1H3. The SMILES string of the molecule is CCCCCCCCCCCCCCCCCCOc1ccc(-c2cnc(-c3ccncc3)nc2)cc1. The molecule has 0 amide bonds. The monoisotopic (exact) mass is 501 g/mol. The number of unbranched alkanes of at least 4 members (excludes halogenated alkanes) is 15. The van der Waals surface area contributed by atoms with Gasteiger partial charge < -0.3 is 4.74 Å². The lowest BCUT2D eigenvalue weighted by Crippen LogP contribution is -1.97. The highest BCUT2D eigenvalue weighted by atomic mass is 16.5. The largest absolute Gasteiger partial charge is 0.494 e. The Balaban J connectivity index is 1.17. The van der Waals surface area contributed by atoms with E-state index in [-0.39, 0.29) is 0 Å². The third-order valence-electron chi connectivity index (χ3n) is 7.04. The Morgan fingerprint density at radius 3 is 1.51 bits per heavy atom. The molecule has 0 radical (unpaired) electrons. The Kier molecular flexibility index (Phi) is 14.4. The van der Waals surface area contributed by atoms with E-state index < -0.39 is 0 Å². The van der Waals surface area contributed by atoms with Gasteiger partial charge in [-0.15, -0.1) is 0 Å². The van der Waals surface area contributed by atoms with Crippen molar-refractivity contribution in [2.45, 2.75) is 110 Å². The Labute approximate surface area is 225 Å². The molecular formula is C33H47N3O. The van der Waals surface area contributed by atoms with E-state index in [0.29, 0.717) is 5.82 Å². The zero-order valence-electron chi connectivity index (χ0n) is 23.0. The first-order valence-corrected chi connectivity index (χ1v) is 14.8. The van der Waals surface area contributed by atoms with Gasteiger partial charge in [-0.05, 0) is 36.2 Å². The van der Waals surface area contributed by atoms with Crippen LogP contribution in [0.5, 0.6) is 5.75 Å². The number of hydrogen-bond acceptors (Lipinski definition) is 4. The molecule has 0 aliphatic heterocycles. The molecule has 0 bridgehead atoms. The first-order valence-electron chi connectivity index (χ1n) is 14.8. The lowest BCUT2D eigenvalue weighted by atomic mass is 10.0. The number of aromatic nitrogens is 3. The van der Waals surface area contributed by atoms with Gasteiger partial charge in [0.2, 0.25) is 0 Å². The third-order valence-corrected chi connectivity index (χ3v) is 7.04. The van der Waals surface area contributed by atoms with Crippen LogP contribution in [0.3, 0.4) is 0 Å². The molecule has 37 heavy (non-hydrogen) atoms. The molecule has 0 N–H and O–H groups in total. The van der Waals surface area contributed by atoms with E-state index in [1.165, 1.54) is 96.3 Å². The molecule has 0 spiro atoms. The Hall–Kier alpha value is -2.75. The molecule has 3 aromatic rings. The maximum atomic E-state index is 5.96. The molecule has 2 heterocycles. The van der Waals surface area contributed by atoms with Gasteiger partial charge in [-0.3, -0.25) is 4.98 Å². The molecule has 200 valence electrons. The maximum absolute atomic E-state index is 5.96. The first kappa shape index (κ1) is 28.8. The molecule has 0 saturated carbocycles. The fraction of sp³-hybridized carbons (Fsp3) is 0.545. The minimum absolute atomic E-state index is 0.713. The number of nitrogens with zero attached hydrogens (tertiary/aromatic N) is 3. The summed E-state index contributed by atoms with van der Waals surface area (Å²) in [5.41, 5.74) is 3.07. The highest BCUT2D eigenvalue weighted by molar-refractivity contribution is 5.64. The normalized spacial score (nSPS) is 11.1. The molecule has 0 fully saturated rings. The van der Waals surface area contributed by atoms with Crippen LogP contribution in [0.25, 0.3) is 22.5 Å². The Morgan fingerprint density at radius 2 is 1.00 bits per heavy atom. The van der Waals surface area contributed by atoms with E-state index in [1.807, 2.05) is 36.7 Å². The van der Waals surface area contributed by atoms with Crippen molar-refractivity contribution in [2.75, 3.05) is 6.61 Å².